The van der Waals surface area contributed by atoms with Crippen molar-refractivity contribution in [3.05, 3.63) is 27.3 Å². The fourth-order valence-electron chi connectivity index (χ4n) is 1.21. The van der Waals surface area contributed by atoms with E-state index in [9.17, 15) is 0 Å². The average Bonchev–Trinajstić information content (AvgIpc) is 2.77. The molecule has 1 aliphatic carbocycles. The molecule has 0 spiro atoms. The molecular weight excluding hydrogens is 249 g/mol. The van der Waals surface area contributed by atoms with Gasteiger partial charge in [0.15, 0.2) is 0 Å². The van der Waals surface area contributed by atoms with E-state index in [1.54, 1.807) is 0 Å². The molecule has 0 saturated heterocycles. The Hall–Kier alpha value is -0.250. The first-order chi connectivity index (χ1) is 5.27. The van der Waals surface area contributed by atoms with Crippen LogP contribution in [0.1, 0.15) is 24.3 Å². The SMILES string of the molecule is Nc1ccc(C2CC2)cc1I. The van der Waals surface area contributed by atoms with Gasteiger partial charge in [-0.05, 0) is 59.0 Å². The first kappa shape index (κ1) is 7.40. The highest BCUT2D eigenvalue weighted by Crippen LogP contribution is 2.40. The Morgan fingerprint density at radius 3 is 2.64 bits per heavy atom. The first-order valence-electron chi connectivity index (χ1n) is 3.82. The minimum absolute atomic E-state index is 0.837. The summed E-state index contributed by atoms with van der Waals surface area (Å²) in [5.74, 6) is 0.837. The number of benzene rings is 1. The van der Waals surface area contributed by atoms with Crippen molar-refractivity contribution in [2.24, 2.45) is 0 Å². The van der Waals surface area contributed by atoms with Gasteiger partial charge in [-0.25, -0.2) is 0 Å². The number of nitrogens with two attached hydrogens (primary N) is 1. The standard InChI is InChI=1S/C9H10IN/c10-8-5-7(6-1-2-6)3-4-9(8)11/h3-6H,1-2,11H2. The molecule has 0 bridgehead atoms. The van der Waals surface area contributed by atoms with E-state index >= 15 is 0 Å². The maximum absolute atomic E-state index is 5.70. The summed E-state index contributed by atoms with van der Waals surface area (Å²) in [5, 5.41) is 0. The second kappa shape index (κ2) is 2.66. The molecule has 0 radical (unpaired) electrons. The predicted octanol–water partition coefficient (Wildman–Crippen LogP) is 2.75. The lowest BCUT2D eigenvalue weighted by Crippen LogP contribution is -1.90. The fourth-order valence-corrected chi connectivity index (χ4v) is 1.75. The van der Waals surface area contributed by atoms with E-state index in [1.165, 1.54) is 22.0 Å². The van der Waals surface area contributed by atoms with Crippen LogP contribution in [0.5, 0.6) is 0 Å². The Bertz CT molecular complexity index is 279. The zero-order valence-corrected chi connectivity index (χ0v) is 8.34. The summed E-state index contributed by atoms with van der Waals surface area (Å²) in [5.41, 5.74) is 8.06. The Morgan fingerprint density at radius 1 is 1.36 bits per heavy atom. The van der Waals surface area contributed by atoms with Crippen molar-refractivity contribution in [3.8, 4) is 0 Å². The molecule has 1 saturated carbocycles. The van der Waals surface area contributed by atoms with Crippen LogP contribution in [0, 0.1) is 3.57 Å². The topological polar surface area (TPSA) is 26.0 Å². The summed E-state index contributed by atoms with van der Waals surface area (Å²) in [6, 6.07) is 6.36. The molecule has 0 aromatic heterocycles. The second-order valence-corrected chi connectivity index (χ2v) is 4.22. The molecule has 2 heteroatoms. The van der Waals surface area contributed by atoms with Crippen LogP contribution in [0.15, 0.2) is 18.2 Å². The van der Waals surface area contributed by atoms with Gasteiger partial charge in [-0.3, -0.25) is 0 Å². The van der Waals surface area contributed by atoms with Gasteiger partial charge in [-0.2, -0.15) is 0 Å². The van der Waals surface area contributed by atoms with Crippen LogP contribution in [0.25, 0.3) is 0 Å². The molecule has 0 unspecified atom stereocenters. The van der Waals surface area contributed by atoms with E-state index in [0.29, 0.717) is 0 Å². The summed E-state index contributed by atoms with van der Waals surface area (Å²) in [7, 11) is 0. The summed E-state index contributed by atoms with van der Waals surface area (Å²) in [6.07, 6.45) is 2.72. The molecule has 58 valence electrons. The van der Waals surface area contributed by atoms with Crippen molar-refractivity contribution in [1.82, 2.24) is 0 Å². The molecule has 11 heavy (non-hydrogen) atoms. The van der Waals surface area contributed by atoms with Gasteiger partial charge in [0.05, 0.1) is 0 Å². The third-order valence-corrected chi connectivity index (χ3v) is 3.01. The van der Waals surface area contributed by atoms with Gasteiger partial charge < -0.3 is 5.73 Å². The maximum atomic E-state index is 5.70. The lowest BCUT2D eigenvalue weighted by Gasteiger charge is -2.01. The van der Waals surface area contributed by atoms with Crippen molar-refractivity contribution < 1.29 is 0 Å². The predicted molar refractivity (Wildman–Crippen MR) is 55.5 cm³/mol. The fraction of sp³-hybridized carbons (Fsp3) is 0.333. The van der Waals surface area contributed by atoms with E-state index in [4.69, 9.17) is 5.73 Å². The Balaban J connectivity index is 2.36. The van der Waals surface area contributed by atoms with Gasteiger partial charge in [0, 0.05) is 9.26 Å². The van der Waals surface area contributed by atoms with E-state index < -0.39 is 0 Å². The normalized spacial score (nSPS) is 16.8. The van der Waals surface area contributed by atoms with Crippen molar-refractivity contribution in [2.45, 2.75) is 18.8 Å². The molecule has 2 N–H and O–H groups in total. The highest BCUT2D eigenvalue weighted by molar-refractivity contribution is 14.1. The highest BCUT2D eigenvalue weighted by Gasteiger charge is 2.23. The molecule has 0 atom stereocenters. The molecule has 1 nitrogen and oxygen atoms in total. The van der Waals surface area contributed by atoms with Gasteiger partial charge in [-0.15, -0.1) is 0 Å². The molecule has 1 aromatic carbocycles. The quantitative estimate of drug-likeness (QED) is 0.609. The van der Waals surface area contributed by atoms with Gasteiger partial charge >= 0.3 is 0 Å². The van der Waals surface area contributed by atoms with Crippen molar-refractivity contribution in [3.63, 3.8) is 0 Å². The molecule has 1 aromatic rings. The zero-order valence-electron chi connectivity index (χ0n) is 6.18. The Kier molecular flexibility index (Phi) is 1.79. The third kappa shape index (κ3) is 1.50. The van der Waals surface area contributed by atoms with Gasteiger partial charge in [0.1, 0.15) is 0 Å². The lowest BCUT2D eigenvalue weighted by molar-refractivity contribution is 1.13. The second-order valence-electron chi connectivity index (χ2n) is 3.06. The van der Waals surface area contributed by atoms with Crippen molar-refractivity contribution in [2.75, 3.05) is 5.73 Å². The van der Waals surface area contributed by atoms with Crippen LogP contribution < -0.4 is 5.73 Å². The largest absolute Gasteiger partial charge is 0.398 e. The number of hydrogen-bond donors (Lipinski definition) is 1. The average molecular weight is 259 g/mol. The Labute approximate surface area is 80.1 Å². The van der Waals surface area contributed by atoms with Crippen LogP contribution in [-0.4, -0.2) is 0 Å². The number of anilines is 1. The smallest absolute Gasteiger partial charge is 0.0449 e. The van der Waals surface area contributed by atoms with Crippen molar-refractivity contribution in [1.29, 1.82) is 0 Å². The van der Waals surface area contributed by atoms with Crippen LogP contribution >= 0.6 is 22.6 Å². The minimum atomic E-state index is 0.837. The molecule has 2 rings (SSSR count). The molecule has 0 heterocycles. The van der Waals surface area contributed by atoms with Crippen molar-refractivity contribution >= 4 is 28.3 Å². The molecule has 1 aliphatic rings. The molecule has 0 amide bonds. The zero-order chi connectivity index (χ0) is 7.84. The first-order valence-corrected chi connectivity index (χ1v) is 4.90. The summed E-state index contributed by atoms with van der Waals surface area (Å²) in [6.45, 7) is 0. The van der Waals surface area contributed by atoms with E-state index in [0.717, 1.165) is 11.6 Å². The van der Waals surface area contributed by atoms with Crippen LogP contribution in [-0.2, 0) is 0 Å². The number of hydrogen-bond acceptors (Lipinski definition) is 1. The van der Waals surface area contributed by atoms with E-state index in [2.05, 4.69) is 34.7 Å². The van der Waals surface area contributed by atoms with Gasteiger partial charge in [-0.1, -0.05) is 6.07 Å². The molecule has 0 aliphatic heterocycles. The third-order valence-electron chi connectivity index (χ3n) is 2.07. The minimum Gasteiger partial charge on any atom is -0.398 e. The molecular formula is C9H10IN. The number of halogens is 1. The van der Waals surface area contributed by atoms with Crippen LogP contribution in [0.3, 0.4) is 0 Å². The lowest BCUT2D eigenvalue weighted by atomic mass is 10.1. The number of nitrogen functional groups attached to an aromatic ring is 1. The summed E-state index contributed by atoms with van der Waals surface area (Å²) < 4.78 is 1.19. The summed E-state index contributed by atoms with van der Waals surface area (Å²) in [4.78, 5) is 0. The van der Waals surface area contributed by atoms with E-state index in [1.807, 2.05) is 6.07 Å². The monoisotopic (exact) mass is 259 g/mol. The summed E-state index contributed by atoms with van der Waals surface area (Å²) >= 11 is 2.29. The van der Waals surface area contributed by atoms with Gasteiger partial charge in [0.2, 0.25) is 0 Å². The van der Waals surface area contributed by atoms with Gasteiger partial charge in [0.25, 0.3) is 0 Å². The maximum Gasteiger partial charge on any atom is 0.0449 e. The van der Waals surface area contributed by atoms with Crippen LogP contribution in [0.2, 0.25) is 0 Å². The Morgan fingerprint density at radius 2 is 2.09 bits per heavy atom. The highest BCUT2D eigenvalue weighted by atomic mass is 127. The van der Waals surface area contributed by atoms with Crippen LogP contribution in [0.4, 0.5) is 5.69 Å². The van der Waals surface area contributed by atoms with E-state index in [-0.39, 0.29) is 0 Å². The number of rotatable bonds is 1. The molecule has 1 fully saturated rings.